The van der Waals surface area contributed by atoms with E-state index in [-0.39, 0.29) is 0 Å². The van der Waals surface area contributed by atoms with Crippen LogP contribution in [0.5, 0.6) is 0 Å². The molecule has 0 saturated carbocycles. The highest BCUT2D eigenvalue weighted by molar-refractivity contribution is 5.99. The van der Waals surface area contributed by atoms with Crippen molar-refractivity contribution in [1.82, 2.24) is 0 Å². The van der Waals surface area contributed by atoms with Gasteiger partial charge in [0.05, 0.1) is 0 Å². The lowest BCUT2D eigenvalue weighted by atomic mass is 10.2. The molecule has 0 heterocycles. The third-order valence-corrected chi connectivity index (χ3v) is 1.09. The fraction of sp³-hybridized carbons (Fsp3) is 0.286. The quantitative estimate of drug-likeness (QED) is 0.195. The average Bonchev–Trinajstić information content (AvgIpc) is 1.99. The lowest BCUT2D eigenvalue weighted by Gasteiger charge is -1.96. The van der Waals surface area contributed by atoms with Crippen molar-refractivity contribution in [1.29, 1.82) is 0 Å². The van der Waals surface area contributed by atoms with E-state index in [0.717, 1.165) is 5.57 Å². The number of hydrogen-bond acceptors (Lipinski definition) is 2. The molecule has 0 radical (unpaired) electrons. The lowest BCUT2D eigenvalue weighted by Crippen LogP contribution is -2.15. The van der Waals surface area contributed by atoms with Gasteiger partial charge in [0.25, 0.3) is 0 Å². The van der Waals surface area contributed by atoms with Gasteiger partial charge in [-0.25, -0.2) is 0 Å². The van der Waals surface area contributed by atoms with Crippen LogP contribution < -0.4 is 11.6 Å². The van der Waals surface area contributed by atoms with E-state index >= 15 is 0 Å². The molecule has 0 aromatic heterocycles. The van der Waals surface area contributed by atoms with Crippen LogP contribution in [0, 0.1) is 0 Å². The summed E-state index contributed by atoms with van der Waals surface area (Å²) in [4.78, 5) is 0. The van der Waals surface area contributed by atoms with Gasteiger partial charge in [-0.3, -0.25) is 0 Å². The molecule has 0 atom stereocenters. The molecule has 0 bridgehead atoms. The molecule has 0 aromatic rings. The van der Waals surface area contributed by atoms with Crippen LogP contribution in [0.4, 0.5) is 0 Å². The Hall–Kier alpha value is -1.25. The summed E-state index contributed by atoms with van der Waals surface area (Å²) >= 11 is 0. The fourth-order valence-electron chi connectivity index (χ4n) is 0.584. The van der Waals surface area contributed by atoms with Gasteiger partial charge in [0.1, 0.15) is 5.84 Å². The Bertz CT molecular complexity index is 177. The van der Waals surface area contributed by atoms with Gasteiger partial charge in [0.15, 0.2) is 0 Å². The first-order valence-electron chi connectivity index (χ1n) is 3.09. The largest absolute Gasteiger partial charge is 0.382 e. The van der Waals surface area contributed by atoms with E-state index in [2.05, 4.69) is 5.10 Å². The SMILES string of the molecule is C\C=C/C(=C\C)C(/N)=N/N. The van der Waals surface area contributed by atoms with Crippen molar-refractivity contribution in [3.63, 3.8) is 0 Å². The molecule has 0 amide bonds. The zero-order valence-corrected chi connectivity index (χ0v) is 6.33. The Morgan fingerprint density at radius 2 is 2.00 bits per heavy atom. The lowest BCUT2D eigenvalue weighted by molar-refractivity contribution is 1.23. The minimum Gasteiger partial charge on any atom is -0.382 e. The smallest absolute Gasteiger partial charge is 0.149 e. The average molecular weight is 139 g/mol. The maximum Gasteiger partial charge on any atom is 0.149 e. The third kappa shape index (κ3) is 2.35. The molecule has 0 fully saturated rings. The summed E-state index contributed by atoms with van der Waals surface area (Å²) < 4.78 is 0. The third-order valence-electron chi connectivity index (χ3n) is 1.09. The van der Waals surface area contributed by atoms with E-state index in [0.29, 0.717) is 5.84 Å². The van der Waals surface area contributed by atoms with E-state index in [9.17, 15) is 0 Å². The monoisotopic (exact) mass is 139 g/mol. The van der Waals surface area contributed by atoms with Crippen molar-refractivity contribution >= 4 is 5.84 Å². The molecule has 3 nitrogen and oxygen atoms in total. The summed E-state index contributed by atoms with van der Waals surface area (Å²) in [6.07, 6.45) is 5.59. The van der Waals surface area contributed by atoms with Gasteiger partial charge in [-0.2, -0.15) is 5.10 Å². The van der Waals surface area contributed by atoms with Crippen LogP contribution in [0.15, 0.2) is 28.9 Å². The zero-order valence-electron chi connectivity index (χ0n) is 6.33. The Morgan fingerprint density at radius 1 is 1.40 bits per heavy atom. The second-order valence-electron chi connectivity index (χ2n) is 1.76. The number of allylic oxidation sites excluding steroid dienone is 2. The predicted molar refractivity (Wildman–Crippen MR) is 44.4 cm³/mol. The molecule has 0 spiro atoms. The van der Waals surface area contributed by atoms with E-state index in [1.165, 1.54) is 0 Å². The van der Waals surface area contributed by atoms with E-state index in [4.69, 9.17) is 11.6 Å². The normalized spacial score (nSPS) is 14.6. The number of amidine groups is 1. The van der Waals surface area contributed by atoms with Gasteiger partial charge in [0.2, 0.25) is 0 Å². The topological polar surface area (TPSA) is 64.4 Å². The highest BCUT2D eigenvalue weighted by Crippen LogP contribution is 1.95. The van der Waals surface area contributed by atoms with Gasteiger partial charge >= 0.3 is 0 Å². The van der Waals surface area contributed by atoms with Crippen molar-refractivity contribution in [3.05, 3.63) is 23.8 Å². The minimum absolute atomic E-state index is 0.362. The number of rotatable bonds is 2. The van der Waals surface area contributed by atoms with Gasteiger partial charge in [-0.15, -0.1) is 0 Å². The highest BCUT2D eigenvalue weighted by Gasteiger charge is 1.93. The van der Waals surface area contributed by atoms with Gasteiger partial charge in [-0.05, 0) is 13.8 Å². The van der Waals surface area contributed by atoms with Crippen molar-refractivity contribution < 1.29 is 0 Å². The predicted octanol–water partition coefficient (Wildman–Crippen LogP) is 0.740. The van der Waals surface area contributed by atoms with E-state index in [1.54, 1.807) is 0 Å². The standard InChI is InChI=1S/C7H13N3/c1-3-5-6(4-2)7(8)10-9/h3-5H,9H2,1-2H3,(H2,8,10)/b5-3-,6-4+. The van der Waals surface area contributed by atoms with Crippen LogP contribution in [0.25, 0.3) is 0 Å². The molecule has 0 aliphatic carbocycles. The van der Waals surface area contributed by atoms with Crippen LogP contribution in [0.1, 0.15) is 13.8 Å². The number of hydrogen-bond donors (Lipinski definition) is 2. The number of hydrazone groups is 1. The second-order valence-corrected chi connectivity index (χ2v) is 1.76. The molecular weight excluding hydrogens is 126 g/mol. The summed E-state index contributed by atoms with van der Waals surface area (Å²) in [7, 11) is 0. The van der Waals surface area contributed by atoms with Crippen LogP contribution in [0.2, 0.25) is 0 Å². The zero-order chi connectivity index (χ0) is 7.98. The summed E-state index contributed by atoms with van der Waals surface area (Å²) in [5, 5.41) is 3.35. The first-order chi connectivity index (χ1) is 4.76. The minimum atomic E-state index is 0.362. The highest BCUT2D eigenvalue weighted by atomic mass is 15.2. The number of nitrogens with two attached hydrogens (primary N) is 2. The Kier molecular flexibility index (Phi) is 4.04. The molecular formula is C7H13N3. The van der Waals surface area contributed by atoms with Gasteiger partial charge < -0.3 is 11.6 Å². The van der Waals surface area contributed by atoms with Crippen molar-refractivity contribution in [2.45, 2.75) is 13.8 Å². The van der Waals surface area contributed by atoms with Crippen molar-refractivity contribution in [3.8, 4) is 0 Å². The molecule has 10 heavy (non-hydrogen) atoms. The molecule has 4 N–H and O–H groups in total. The summed E-state index contributed by atoms with van der Waals surface area (Å²) in [6.45, 7) is 3.79. The van der Waals surface area contributed by atoms with Crippen molar-refractivity contribution in [2.24, 2.45) is 16.7 Å². The molecule has 0 unspecified atom stereocenters. The van der Waals surface area contributed by atoms with Crippen LogP contribution in [0.3, 0.4) is 0 Å². The molecule has 0 saturated heterocycles. The van der Waals surface area contributed by atoms with Gasteiger partial charge in [-0.1, -0.05) is 18.2 Å². The Balaban J connectivity index is 4.39. The summed E-state index contributed by atoms with van der Waals surface area (Å²) in [5.41, 5.74) is 6.27. The van der Waals surface area contributed by atoms with Crippen molar-refractivity contribution in [2.75, 3.05) is 0 Å². The Labute approximate surface area is 61.1 Å². The molecule has 0 aliphatic rings. The maximum atomic E-state index is 5.42. The van der Waals surface area contributed by atoms with E-state index in [1.807, 2.05) is 32.1 Å². The second kappa shape index (κ2) is 4.61. The van der Waals surface area contributed by atoms with Crippen LogP contribution in [-0.2, 0) is 0 Å². The van der Waals surface area contributed by atoms with E-state index < -0.39 is 0 Å². The molecule has 3 heteroatoms. The van der Waals surface area contributed by atoms with Gasteiger partial charge in [0, 0.05) is 5.57 Å². The molecule has 0 aromatic carbocycles. The van der Waals surface area contributed by atoms with Crippen LogP contribution >= 0.6 is 0 Å². The first kappa shape index (κ1) is 8.75. The first-order valence-corrected chi connectivity index (χ1v) is 3.09. The molecule has 0 rings (SSSR count). The molecule has 0 aliphatic heterocycles. The molecule has 56 valence electrons. The fourth-order valence-corrected chi connectivity index (χ4v) is 0.584. The number of nitrogens with zero attached hydrogens (tertiary/aromatic N) is 1. The maximum absolute atomic E-state index is 5.42. The van der Waals surface area contributed by atoms with Crippen LogP contribution in [-0.4, -0.2) is 5.84 Å². The Morgan fingerprint density at radius 3 is 2.30 bits per heavy atom. The summed E-state index contributed by atoms with van der Waals surface area (Å²) in [6, 6.07) is 0. The summed E-state index contributed by atoms with van der Waals surface area (Å²) in [5.74, 6) is 5.33.